The number of carboxylic acids is 1. The van der Waals surface area contributed by atoms with Crippen molar-refractivity contribution < 1.29 is 50.0 Å². The maximum atomic E-state index is 11.0. The van der Waals surface area contributed by atoms with Crippen molar-refractivity contribution in [1.82, 2.24) is 0 Å². The van der Waals surface area contributed by atoms with E-state index in [0.29, 0.717) is 25.7 Å². The second kappa shape index (κ2) is 10.3. The van der Waals surface area contributed by atoms with Crippen LogP contribution in [0.1, 0.15) is 39.0 Å². The summed E-state index contributed by atoms with van der Waals surface area (Å²) in [5.74, 6) is -2.37. The third-order valence-electron chi connectivity index (χ3n) is 5.78. The SMILES string of the molecule is C[C@@H]1O[C@@H](CCCC[C@H]2C[C@@H]([C@@H](O)C(=O)O)[C@H](O)[C@@H](CO)O2)[C@@H](O)[C@H](O)[C@@H]1O. The van der Waals surface area contributed by atoms with Crippen LogP contribution in [0.5, 0.6) is 0 Å². The maximum Gasteiger partial charge on any atom is 0.332 e. The first kappa shape index (κ1) is 23.4. The molecule has 2 heterocycles. The summed E-state index contributed by atoms with van der Waals surface area (Å²) in [7, 11) is 0. The van der Waals surface area contributed by atoms with Crippen LogP contribution in [0.4, 0.5) is 0 Å². The summed E-state index contributed by atoms with van der Waals surface area (Å²) in [6.07, 6.45) is -6.80. The molecule has 2 rings (SSSR count). The van der Waals surface area contributed by atoms with Crippen LogP contribution < -0.4 is 0 Å². The van der Waals surface area contributed by atoms with Crippen molar-refractivity contribution in [2.24, 2.45) is 5.92 Å². The lowest BCUT2D eigenvalue weighted by Gasteiger charge is -2.40. The number of aliphatic carboxylic acids is 1. The number of aliphatic hydroxyl groups excluding tert-OH is 6. The van der Waals surface area contributed by atoms with Crippen molar-refractivity contribution >= 4 is 5.97 Å². The minimum absolute atomic E-state index is 0.148. The van der Waals surface area contributed by atoms with Gasteiger partial charge >= 0.3 is 5.97 Å². The molecule has 0 aromatic carbocycles. The lowest BCUT2D eigenvalue weighted by atomic mass is 9.83. The average molecular weight is 408 g/mol. The fourth-order valence-corrected chi connectivity index (χ4v) is 4.03. The van der Waals surface area contributed by atoms with Crippen LogP contribution in [0.25, 0.3) is 0 Å². The van der Waals surface area contributed by atoms with Gasteiger partial charge in [0.15, 0.2) is 6.10 Å². The van der Waals surface area contributed by atoms with E-state index in [4.69, 9.17) is 14.6 Å². The first-order chi connectivity index (χ1) is 13.2. The van der Waals surface area contributed by atoms with Crippen LogP contribution in [0, 0.1) is 5.92 Å². The zero-order valence-corrected chi connectivity index (χ0v) is 15.9. The molecule has 0 aromatic heterocycles. The molecule has 0 saturated carbocycles. The number of hydrogen-bond donors (Lipinski definition) is 7. The standard InChI is InChI=1S/C18H32O10/c1-8-13(20)17(24)16(23)11(27-8)5-3-2-4-9-6-10(15(22)18(25)26)14(21)12(7-19)28-9/h8-17,19-24H,2-7H2,1H3,(H,25,26)/t8-,9-,10+,11-,12+,13+,14-,15+,16+,17+/m0/s1. The molecule has 2 fully saturated rings. The van der Waals surface area contributed by atoms with Gasteiger partial charge in [0, 0.05) is 5.92 Å². The Hall–Kier alpha value is -0.850. The van der Waals surface area contributed by atoms with Gasteiger partial charge in [-0.05, 0) is 26.2 Å². The molecule has 164 valence electrons. The summed E-state index contributed by atoms with van der Waals surface area (Å²) in [5.41, 5.74) is 0. The van der Waals surface area contributed by atoms with E-state index in [1.54, 1.807) is 6.92 Å². The summed E-state index contributed by atoms with van der Waals surface area (Å²) in [6, 6.07) is 0. The Morgan fingerprint density at radius 2 is 1.61 bits per heavy atom. The molecule has 10 nitrogen and oxygen atoms in total. The van der Waals surface area contributed by atoms with E-state index in [2.05, 4.69) is 0 Å². The smallest absolute Gasteiger partial charge is 0.332 e. The quantitative estimate of drug-likeness (QED) is 0.222. The second-order valence-corrected chi connectivity index (χ2v) is 7.79. The van der Waals surface area contributed by atoms with E-state index >= 15 is 0 Å². The Morgan fingerprint density at radius 1 is 0.964 bits per heavy atom. The van der Waals surface area contributed by atoms with Crippen LogP contribution in [0.15, 0.2) is 0 Å². The normalized spacial score (nSPS) is 42.9. The first-order valence-corrected chi connectivity index (χ1v) is 9.72. The summed E-state index contributed by atoms with van der Waals surface area (Å²) in [4.78, 5) is 11.0. The van der Waals surface area contributed by atoms with Gasteiger partial charge in [0.2, 0.25) is 0 Å². The van der Waals surface area contributed by atoms with Gasteiger partial charge in [-0.25, -0.2) is 4.79 Å². The van der Waals surface area contributed by atoms with Gasteiger partial charge in [0.1, 0.15) is 24.4 Å². The van der Waals surface area contributed by atoms with Crippen molar-refractivity contribution in [1.29, 1.82) is 0 Å². The molecule has 0 aliphatic carbocycles. The third-order valence-corrected chi connectivity index (χ3v) is 5.78. The second-order valence-electron chi connectivity index (χ2n) is 7.79. The molecular formula is C18H32O10. The lowest BCUT2D eigenvalue weighted by Crippen LogP contribution is -2.56. The Balaban J connectivity index is 1.82. The summed E-state index contributed by atoms with van der Waals surface area (Å²) in [6.45, 7) is 1.14. The number of rotatable bonds is 8. The van der Waals surface area contributed by atoms with Gasteiger partial charge in [-0.3, -0.25) is 0 Å². The highest BCUT2D eigenvalue weighted by Crippen LogP contribution is 2.31. The first-order valence-electron chi connectivity index (χ1n) is 9.72. The van der Waals surface area contributed by atoms with Crippen LogP contribution in [0.2, 0.25) is 0 Å². The molecule has 28 heavy (non-hydrogen) atoms. The summed E-state index contributed by atoms with van der Waals surface area (Å²) in [5, 5.41) is 67.8. The van der Waals surface area contributed by atoms with Gasteiger partial charge < -0.3 is 45.2 Å². The van der Waals surface area contributed by atoms with Gasteiger partial charge in [-0.2, -0.15) is 0 Å². The minimum atomic E-state index is -1.74. The van der Waals surface area contributed by atoms with E-state index in [9.17, 15) is 35.4 Å². The fourth-order valence-electron chi connectivity index (χ4n) is 4.03. The number of unbranched alkanes of at least 4 members (excludes halogenated alkanes) is 1. The third kappa shape index (κ3) is 5.39. The molecule has 0 radical (unpaired) electrons. The van der Waals surface area contributed by atoms with Crippen molar-refractivity contribution in [2.45, 2.75) is 94.0 Å². The van der Waals surface area contributed by atoms with Crippen LogP contribution in [0.3, 0.4) is 0 Å². The van der Waals surface area contributed by atoms with E-state index in [-0.39, 0.29) is 6.42 Å². The monoisotopic (exact) mass is 408 g/mol. The average Bonchev–Trinajstić information content (AvgIpc) is 2.67. The zero-order chi connectivity index (χ0) is 21.0. The van der Waals surface area contributed by atoms with Crippen LogP contribution in [-0.4, -0.2) is 103 Å². The number of ether oxygens (including phenoxy) is 2. The molecule has 2 aliphatic rings. The number of hydrogen-bond acceptors (Lipinski definition) is 9. The highest BCUT2D eigenvalue weighted by molar-refractivity contribution is 5.72. The van der Waals surface area contributed by atoms with Gasteiger partial charge in [0.05, 0.1) is 31.0 Å². The maximum absolute atomic E-state index is 11.0. The van der Waals surface area contributed by atoms with E-state index in [1.165, 1.54) is 0 Å². The largest absolute Gasteiger partial charge is 0.479 e. The summed E-state index contributed by atoms with van der Waals surface area (Å²) >= 11 is 0. The Kier molecular flexibility index (Phi) is 8.59. The highest BCUT2D eigenvalue weighted by atomic mass is 16.5. The molecule has 0 unspecified atom stereocenters. The summed E-state index contributed by atoms with van der Waals surface area (Å²) < 4.78 is 11.2. The van der Waals surface area contributed by atoms with Crippen LogP contribution in [-0.2, 0) is 14.3 Å². The molecule has 0 spiro atoms. The molecule has 0 amide bonds. The van der Waals surface area contributed by atoms with Crippen molar-refractivity contribution in [2.75, 3.05) is 6.61 Å². The molecule has 7 N–H and O–H groups in total. The van der Waals surface area contributed by atoms with E-state index in [0.717, 1.165) is 0 Å². The number of carbonyl (C=O) groups is 1. The van der Waals surface area contributed by atoms with Crippen molar-refractivity contribution in [3.05, 3.63) is 0 Å². The topological polar surface area (TPSA) is 177 Å². The van der Waals surface area contributed by atoms with Gasteiger partial charge in [-0.15, -0.1) is 0 Å². The lowest BCUT2D eigenvalue weighted by molar-refractivity contribution is -0.218. The molecule has 0 aromatic rings. The molecule has 0 bridgehead atoms. The van der Waals surface area contributed by atoms with Crippen molar-refractivity contribution in [3.63, 3.8) is 0 Å². The minimum Gasteiger partial charge on any atom is -0.479 e. The predicted octanol–water partition coefficient (Wildman–Crippen LogP) is -2.01. The predicted molar refractivity (Wildman–Crippen MR) is 94.3 cm³/mol. The van der Waals surface area contributed by atoms with Crippen LogP contribution >= 0.6 is 0 Å². The number of aliphatic hydroxyl groups is 6. The Labute approximate surface area is 163 Å². The Bertz CT molecular complexity index is 503. The fraction of sp³-hybridized carbons (Fsp3) is 0.944. The Morgan fingerprint density at radius 3 is 2.21 bits per heavy atom. The van der Waals surface area contributed by atoms with Crippen molar-refractivity contribution in [3.8, 4) is 0 Å². The van der Waals surface area contributed by atoms with E-state index in [1.807, 2.05) is 0 Å². The zero-order valence-electron chi connectivity index (χ0n) is 15.9. The molecule has 2 saturated heterocycles. The highest BCUT2D eigenvalue weighted by Gasteiger charge is 2.43. The van der Waals surface area contributed by atoms with E-state index < -0.39 is 73.4 Å². The molecule has 10 heteroatoms. The van der Waals surface area contributed by atoms with Gasteiger partial charge in [0.25, 0.3) is 0 Å². The molecule has 2 aliphatic heterocycles. The van der Waals surface area contributed by atoms with Gasteiger partial charge in [-0.1, -0.05) is 12.8 Å². The number of carboxylic acid groups (broad SMARTS) is 1. The molecular weight excluding hydrogens is 376 g/mol. The molecule has 10 atom stereocenters.